The largest absolute Gasteiger partial charge is 0.308 e. The van der Waals surface area contributed by atoms with Gasteiger partial charge in [-0.05, 0) is 62.9 Å². The van der Waals surface area contributed by atoms with Gasteiger partial charge in [-0.2, -0.15) is 0 Å². The van der Waals surface area contributed by atoms with Crippen molar-refractivity contribution in [1.82, 2.24) is 10.2 Å². The maximum Gasteiger partial charge on any atom is 0.142 e. The summed E-state index contributed by atoms with van der Waals surface area (Å²) in [6.07, 6.45) is 1.02. The number of hydrogen-bond donors (Lipinski definition) is 1. The van der Waals surface area contributed by atoms with Crippen LogP contribution in [0.5, 0.6) is 0 Å². The molecule has 1 atom stereocenters. The van der Waals surface area contributed by atoms with E-state index in [1.54, 1.807) is 6.07 Å². The third kappa shape index (κ3) is 3.77. The molecular weight excluding hydrogens is 307 g/mol. The molecule has 0 spiro atoms. The number of rotatable bonds is 6. The van der Waals surface area contributed by atoms with Gasteiger partial charge in [0.1, 0.15) is 5.82 Å². The normalized spacial score (nSPS) is 13.9. The zero-order valence-corrected chi connectivity index (χ0v) is 14.0. The highest BCUT2D eigenvalue weighted by Crippen LogP contribution is 2.33. The van der Waals surface area contributed by atoms with Crippen LogP contribution in [-0.4, -0.2) is 31.1 Å². The molecule has 1 unspecified atom stereocenters. The van der Waals surface area contributed by atoms with Gasteiger partial charge in [-0.25, -0.2) is 4.39 Å². The molecule has 1 aromatic carbocycles. The van der Waals surface area contributed by atoms with E-state index >= 15 is 0 Å². The number of halogens is 2. The standard InChI is InChI=1S/C15H24BrFN2/c1-6-10-18-14(15(2,3)19(4)5)11-8-7-9-12(16)13(11)17/h7-9,14,18H,6,10H2,1-5H3. The molecule has 4 heteroatoms. The molecule has 0 aromatic heterocycles. The predicted molar refractivity (Wildman–Crippen MR) is 82.9 cm³/mol. The SMILES string of the molecule is CCCNC(c1cccc(Br)c1F)C(C)(C)N(C)C. The zero-order chi connectivity index (χ0) is 14.6. The van der Waals surface area contributed by atoms with Crippen LogP contribution in [0.2, 0.25) is 0 Å². The number of nitrogens with zero attached hydrogens (tertiary/aromatic N) is 1. The molecule has 0 aliphatic rings. The van der Waals surface area contributed by atoms with Gasteiger partial charge in [0.2, 0.25) is 0 Å². The minimum atomic E-state index is -0.184. The first kappa shape index (κ1) is 16.6. The van der Waals surface area contributed by atoms with Crippen LogP contribution >= 0.6 is 15.9 Å². The Bertz CT molecular complexity index is 419. The second-order valence-corrected chi connectivity index (χ2v) is 6.43. The predicted octanol–water partition coefficient (Wildman–Crippen LogP) is 3.97. The van der Waals surface area contributed by atoms with Crippen LogP contribution in [0.15, 0.2) is 22.7 Å². The van der Waals surface area contributed by atoms with Crippen LogP contribution in [0.25, 0.3) is 0 Å². The third-order valence-corrected chi connectivity index (χ3v) is 4.36. The zero-order valence-electron chi connectivity index (χ0n) is 12.4. The molecule has 0 saturated carbocycles. The van der Waals surface area contributed by atoms with Crippen LogP contribution in [-0.2, 0) is 0 Å². The number of hydrogen-bond acceptors (Lipinski definition) is 2. The summed E-state index contributed by atoms with van der Waals surface area (Å²) in [6, 6.07) is 5.42. The first-order valence-corrected chi connectivity index (χ1v) is 7.46. The van der Waals surface area contributed by atoms with E-state index in [0.29, 0.717) is 10.0 Å². The lowest BCUT2D eigenvalue weighted by atomic mass is 9.87. The van der Waals surface area contributed by atoms with Gasteiger partial charge in [-0.3, -0.25) is 0 Å². The highest BCUT2D eigenvalue weighted by molar-refractivity contribution is 9.10. The van der Waals surface area contributed by atoms with Gasteiger partial charge in [-0.15, -0.1) is 0 Å². The molecule has 1 N–H and O–H groups in total. The van der Waals surface area contributed by atoms with Gasteiger partial charge >= 0.3 is 0 Å². The number of benzene rings is 1. The van der Waals surface area contributed by atoms with Crippen molar-refractivity contribution in [2.45, 2.75) is 38.8 Å². The van der Waals surface area contributed by atoms with E-state index in [1.165, 1.54) is 0 Å². The van der Waals surface area contributed by atoms with Crippen molar-refractivity contribution in [3.63, 3.8) is 0 Å². The van der Waals surface area contributed by atoms with E-state index < -0.39 is 0 Å². The molecular formula is C15H24BrFN2. The van der Waals surface area contributed by atoms with Crippen molar-refractivity contribution in [2.24, 2.45) is 0 Å². The third-order valence-electron chi connectivity index (χ3n) is 3.75. The Labute approximate surface area is 124 Å². The van der Waals surface area contributed by atoms with Crippen LogP contribution in [0.3, 0.4) is 0 Å². The smallest absolute Gasteiger partial charge is 0.142 e. The highest BCUT2D eigenvalue weighted by Gasteiger charge is 2.34. The van der Waals surface area contributed by atoms with Crippen molar-refractivity contribution < 1.29 is 4.39 Å². The van der Waals surface area contributed by atoms with E-state index in [2.05, 4.69) is 46.9 Å². The Morgan fingerprint density at radius 2 is 2.00 bits per heavy atom. The van der Waals surface area contributed by atoms with Gasteiger partial charge in [0, 0.05) is 11.1 Å². The molecule has 0 bridgehead atoms. The molecule has 0 fully saturated rings. The molecule has 2 nitrogen and oxygen atoms in total. The molecule has 19 heavy (non-hydrogen) atoms. The molecule has 1 rings (SSSR count). The van der Waals surface area contributed by atoms with Crippen LogP contribution in [0, 0.1) is 5.82 Å². The van der Waals surface area contributed by atoms with E-state index in [-0.39, 0.29) is 17.4 Å². The molecule has 0 saturated heterocycles. The quantitative estimate of drug-likeness (QED) is 0.849. The van der Waals surface area contributed by atoms with Crippen LogP contribution in [0.4, 0.5) is 4.39 Å². The van der Waals surface area contributed by atoms with E-state index in [4.69, 9.17) is 0 Å². The van der Waals surface area contributed by atoms with Crippen LogP contribution in [0.1, 0.15) is 38.8 Å². The maximum atomic E-state index is 14.4. The molecule has 0 radical (unpaired) electrons. The summed E-state index contributed by atoms with van der Waals surface area (Å²) < 4.78 is 14.9. The van der Waals surface area contributed by atoms with Crippen molar-refractivity contribution in [1.29, 1.82) is 0 Å². The van der Waals surface area contributed by atoms with Gasteiger partial charge in [0.05, 0.1) is 10.5 Å². The van der Waals surface area contributed by atoms with E-state index in [0.717, 1.165) is 13.0 Å². The molecule has 0 aliphatic carbocycles. The fourth-order valence-electron chi connectivity index (χ4n) is 2.03. The van der Waals surface area contributed by atoms with Gasteiger partial charge in [0.25, 0.3) is 0 Å². The first-order valence-electron chi connectivity index (χ1n) is 6.67. The Kier molecular flexibility index (Phi) is 5.96. The highest BCUT2D eigenvalue weighted by atomic mass is 79.9. The molecule has 0 aliphatic heterocycles. The summed E-state index contributed by atoms with van der Waals surface area (Å²) in [4.78, 5) is 2.13. The lowest BCUT2D eigenvalue weighted by molar-refractivity contribution is 0.135. The summed E-state index contributed by atoms with van der Waals surface area (Å²) in [7, 11) is 4.05. The second kappa shape index (κ2) is 6.82. The maximum absolute atomic E-state index is 14.4. The fraction of sp³-hybridized carbons (Fsp3) is 0.600. The Morgan fingerprint density at radius 1 is 1.37 bits per heavy atom. The Morgan fingerprint density at radius 3 is 2.53 bits per heavy atom. The van der Waals surface area contributed by atoms with Crippen LogP contribution < -0.4 is 5.32 Å². The minimum Gasteiger partial charge on any atom is -0.308 e. The molecule has 0 amide bonds. The molecule has 0 heterocycles. The lowest BCUT2D eigenvalue weighted by Gasteiger charge is -2.41. The van der Waals surface area contributed by atoms with Gasteiger partial charge < -0.3 is 10.2 Å². The average Bonchev–Trinajstić information content (AvgIpc) is 2.34. The van der Waals surface area contributed by atoms with Crippen molar-refractivity contribution in [3.05, 3.63) is 34.1 Å². The summed E-state index contributed by atoms with van der Waals surface area (Å²) in [6.45, 7) is 7.24. The first-order chi connectivity index (χ1) is 8.82. The van der Waals surface area contributed by atoms with Crippen molar-refractivity contribution in [2.75, 3.05) is 20.6 Å². The van der Waals surface area contributed by atoms with Crippen molar-refractivity contribution in [3.8, 4) is 0 Å². The number of nitrogens with one attached hydrogen (secondary N) is 1. The average molecular weight is 331 g/mol. The Balaban J connectivity index is 3.20. The molecule has 1 aromatic rings. The van der Waals surface area contributed by atoms with E-state index in [9.17, 15) is 4.39 Å². The topological polar surface area (TPSA) is 15.3 Å². The minimum absolute atomic E-state index is 0.0556. The summed E-state index contributed by atoms with van der Waals surface area (Å²) in [5.74, 6) is -0.175. The van der Waals surface area contributed by atoms with Gasteiger partial charge in [0.15, 0.2) is 0 Å². The monoisotopic (exact) mass is 330 g/mol. The summed E-state index contributed by atoms with van der Waals surface area (Å²) in [5, 5.41) is 3.47. The van der Waals surface area contributed by atoms with Crippen molar-refractivity contribution >= 4 is 15.9 Å². The van der Waals surface area contributed by atoms with E-state index in [1.807, 2.05) is 26.2 Å². The molecule has 108 valence electrons. The number of likely N-dealkylation sites (N-methyl/N-ethyl adjacent to an activating group) is 1. The van der Waals surface area contributed by atoms with Gasteiger partial charge in [-0.1, -0.05) is 19.1 Å². The summed E-state index contributed by atoms with van der Waals surface area (Å²) >= 11 is 3.27. The lowest BCUT2D eigenvalue weighted by Crippen LogP contribution is -2.49. The Hall–Kier alpha value is -0.450. The fourth-order valence-corrected chi connectivity index (χ4v) is 2.41. The summed E-state index contributed by atoms with van der Waals surface area (Å²) in [5.41, 5.74) is 0.526. The second-order valence-electron chi connectivity index (χ2n) is 5.58.